The second kappa shape index (κ2) is 4.28. The number of hydrogen-bond donors (Lipinski definition) is 3. The molecule has 7 heteroatoms. The molecule has 0 saturated heterocycles. The van der Waals surface area contributed by atoms with Gasteiger partial charge in [0.1, 0.15) is 17.2 Å². The molecule has 18 heavy (non-hydrogen) atoms. The zero-order valence-corrected chi connectivity index (χ0v) is 9.49. The zero-order chi connectivity index (χ0) is 13.3. The van der Waals surface area contributed by atoms with Gasteiger partial charge in [-0.15, -0.1) is 0 Å². The molecule has 4 N–H and O–H groups in total. The Kier molecular flexibility index (Phi) is 2.80. The number of nitrogens with two attached hydrogens (primary N) is 1. The normalized spacial score (nSPS) is 10.3. The molecule has 0 amide bonds. The molecule has 0 aliphatic heterocycles. The van der Waals surface area contributed by atoms with E-state index in [4.69, 9.17) is 5.73 Å². The van der Waals surface area contributed by atoms with Gasteiger partial charge in [0.15, 0.2) is 11.8 Å². The Labute approximate surface area is 102 Å². The van der Waals surface area contributed by atoms with E-state index in [0.29, 0.717) is 0 Å². The molecule has 0 bridgehead atoms. The van der Waals surface area contributed by atoms with Crippen LogP contribution in [0.5, 0.6) is 11.8 Å². The van der Waals surface area contributed by atoms with E-state index in [0.717, 1.165) is 4.57 Å². The fourth-order valence-corrected chi connectivity index (χ4v) is 1.52. The summed E-state index contributed by atoms with van der Waals surface area (Å²) in [6.07, 6.45) is 0. The number of pyridine rings is 1. The summed E-state index contributed by atoms with van der Waals surface area (Å²) in [5.74, 6) is -0.838. The van der Waals surface area contributed by atoms with Crippen molar-refractivity contribution < 1.29 is 19.7 Å². The van der Waals surface area contributed by atoms with Crippen molar-refractivity contribution >= 4 is 11.8 Å². The molecule has 7 nitrogen and oxygen atoms in total. The van der Waals surface area contributed by atoms with Crippen LogP contribution < -0.4 is 5.73 Å². The van der Waals surface area contributed by atoms with E-state index < -0.39 is 5.97 Å². The van der Waals surface area contributed by atoms with Gasteiger partial charge in [-0.3, -0.25) is 0 Å². The van der Waals surface area contributed by atoms with Crippen LogP contribution in [-0.4, -0.2) is 32.8 Å². The van der Waals surface area contributed by atoms with Gasteiger partial charge in [0.25, 0.3) is 0 Å². The Morgan fingerprint density at radius 1 is 1.28 bits per heavy atom. The van der Waals surface area contributed by atoms with Gasteiger partial charge in [0.2, 0.25) is 0 Å². The van der Waals surface area contributed by atoms with Crippen LogP contribution in [0.15, 0.2) is 24.3 Å². The maximum atomic E-state index is 11.3. The largest absolute Gasteiger partial charge is 0.494 e. The predicted molar refractivity (Wildman–Crippen MR) is 62.6 cm³/mol. The molecule has 0 atom stereocenters. The van der Waals surface area contributed by atoms with Gasteiger partial charge < -0.3 is 20.7 Å². The Hall–Kier alpha value is -2.70. The minimum absolute atomic E-state index is 0.0492. The molecule has 0 saturated carbocycles. The third-order valence-electron chi connectivity index (χ3n) is 2.38. The molecule has 0 aliphatic rings. The number of nitrogens with zero attached hydrogens (tertiary/aromatic N) is 2. The van der Waals surface area contributed by atoms with Crippen molar-refractivity contribution in [3.63, 3.8) is 0 Å². The number of hydrogen-bond acceptors (Lipinski definition) is 6. The number of rotatable bonds is 2. The monoisotopic (exact) mass is 249 g/mol. The van der Waals surface area contributed by atoms with Crippen molar-refractivity contribution in [2.45, 2.75) is 0 Å². The van der Waals surface area contributed by atoms with E-state index in [1.807, 2.05) is 0 Å². The molecule has 0 unspecified atom stereocenters. The lowest BCUT2D eigenvalue weighted by atomic mass is 10.2. The average molecular weight is 249 g/mol. The summed E-state index contributed by atoms with van der Waals surface area (Å²) in [6, 6.07) is 5.45. The lowest BCUT2D eigenvalue weighted by Crippen LogP contribution is -2.09. The van der Waals surface area contributed by atoms with Gasteiger partial charge in [-0.2, -0.15) is 0 Å². The quantitative estimate of drug-likeness (QED) is 0.674. The van der Waals surface area contributed by atoms with E-state index in [1.165, 1.54) is 31.4 Å². The summed E-state index contributed by atoms with van der Waals surface area (Å²) in [7, 11) is 1.24. The van der Waals surface area contributed by atoms with Gasteiger partial charge in [-0.05, 0) is 12.1 Å². The first-order chi connectivity index (χ1) is 8.54. The fourth-order valence-electron chi connectivity index (χ4n) is 1.52. The first kappa shape index (κ1) is 11.8. The number of nitrogen functional groups attached to an aromatic ring is 1. The summed E-state index contributed by atoms with van der Waals surface area (Å²) in [5.41, 5.74) is 5.73. The van der Waals surface area contributed by atoms with Crippen LogP contribution in [0.3, 0.4) is 0 Å². The maximum Gasteiger partial charge on any atom is 0.341 e. The number of ether oxygens (including phenoxy) is 1. The van der Waals surface area contributed by atoms with Crippen molar-refractivity contribution in [2.75, 3.05) is 12.8 Å². The van der Waals surface area contributed by atoms with Crippen molar-refractivity contribution in [3.8, 4) is 17.6 Å². The van der Waals surface area contributed by atoms with E-state index >= 15 is 0 Å². The summed E-state index contributed by atoms with van der Waals surface area (Å²) in [6.45, 7) is 0. The molecule has 0 aliphatic carbocycles. The third-order valence-corrected chi connectivity index (χ3v) is 2.38. The molecule has 2 rings (SSSR count). The first-order valence-electron chi connectivity index (χ1n) is 4.99. The summed E-state index contributed by atoms with van der Waals surface area (Å²) in [5, 5.41) is 19.1. The highest BCUT2D eigenvalue weighted by Gasteiger charge is 2.15. The number of carbonyl (C=O) groups is 1. The number of aromatic hydroxyl groups is 2. The predicted octanol–water partition coefficient (Wildman–Crippen LogP) is 0.652. The van der Waals surface area contributed by atoms with Crippen molar-refractivity contribution in [1.82, 2.24) is 9.55 Å². The van der Waals surface area contributed by atoms with Crippen molar-refractivity contribution in [3.05, 3.63) is 29.8 Å². The lowest BCUT2D eigenvalue weighted by molar-refractivity contribution is 0.0601. The SMILES string of the molecule is COC(=O)c1ccc(-n2c(O)ccc2O)nc1N. The smallest absolute Gasteiger partial charge is 0.341 e. The molecule has 0 aromatic carbocycles. The summed E-state index contributed by atoms with van der Waals surface area (Å²) in [4.78, 5) is 15.2. The number of carbonyl (C=O) groups excluding carboxylic acids is 1. The van der Waals surface area contributed by atoms with Gasteiger partial charge in [0, 0.05) is 12.1 Å². The third kappa shape index (κ3) is 1.81. The average Bonchev–Trinajstić information content (AvgIpc) is 2.68. The Morgan fingerprint density at radius 2 is 1.89 bits per heavy atom. The van der Waals surface area contributed by atoms with Crippen LogP contribution in [0.1, 0.15) is 10.4 Å². The minimum Gasteiger partial charge on any atom is -0.494 e. The fraction of sp³-hybridized carbons (Fsp3) is 0.0909. The second-order valence-corrected chi connectivity index (χ2v) is 3.48. The molecule has 0 spiro atoms. The Morgan fingerprint density at radius 3 is 2.39 bits per heavy atom. The Balaban J connectivity index is 2.50. The molecule has 0 radical (unpaired) electrons. The second-order valence-electron chi connectivity index (χ2n) is 3.48. The van der Waals surface area contributed by atoms with Gasteiger partial charge in [-0.25, -0.2) is 14.3 Å². The number of methoxy groups -OCH3 is 1. The van der Waals surface area contributed by atoms with Crippen LogP contribution in [-0.2, 0) is 4.74 Å². The van der Waals surface area contributed by atoms with Gasteiger partial charge in [-0.1, -0.05) is 0 Å². The first-order valence-corrected chi connectivity index (χ1v) is 4.99. The highest BCUT2D eigenvalue weighted by molar-refractivity contribution is 5.94. The Bertz CT molecular complexity index is 587. The molecule has 2 heterocycles. The molecule has 2 aromatic rings. The van der Waals surface area contributed by atoms with Gasteiger partial charge in [0.05, 0.1) is 7.11 Å². The molecular formula is C11H11N3O4. The van der Waals surface area contributed by atoms with E-state index in [9.17, 15) is 15.0 Å². The molecule has 2 aromatic heterocycles. The number of anilines is 1. The van der Waals surface area contributed by atoms with Crippen molar-refractivity contribution in [1.29, 1.82) is 0 Å². The highest BCUT2D eigenvalue weighted by Crippen LogP contribution is 2.26. The summed E-state index contributed by atoms with van der Waals surface area (Å²) >= 11 is 0. The van der Waals surface area contributed by atoms with E-state index in [2.05, 4.69) is 9.72 Å². The number of aromatic nitrogens is 2. The zero-order valence-electron chi connectivity index (χ0n) is 9.49. The van der Waals surface area contributed by atoms with Crippen molar-refractivity contribution in [2.24, 2.45) is 0 Å². The molecule has 94 valence electrons. The standard InChI is InChI=1S/C11H11N3O4/c1-18-11(17)6-2-3-7(13-10(6)12)14-8(15)4-5-9(14)16/h2-5,15-16H,1H3,(H2,12,13). The maximum absolute atomic E-state index is 11.3. The van der Waals surface area contributed by atoms with E-state index in [1.54, 1.807) is 0 Å². The molecule has 0 fully saturated rings. The lowest BCUT2D eigenvalue weighted by Gasteiger charge is -2.08. The minimum atomic E-state index is -0.604. The molecular weight excluding hydrogens is 238 g/mol. The van der Waals surface area contributed by atoms with E-state index in [-0.39, 0.29) is 29.0 Å². The van der Waals surface area contributed by atoms with Gasteiger partial charge >= 0.3 is 5.97 Å². The van der Waals surface area contributed by atoms with Crippen LogP contribution >= 0.6 is 0 Å². The topological polar surface area (TPSA) is 111 Å². The summed E-state index contributed by atoms with van der Waals surface area (Å²) < 4.78 is 5.61. The van der Waals surface area contributed by atoms with Crippen LogP contribution in [0.4, 0.5) is 5.82 Å². The number of esters is 1. The van der Waals surface area contributed by atoms with Crippen LogP contribution in [0, 0.1) is 0 Å². The van der Waals surface area contributed by atoms with Crippen LogP contribution in [0.2, 0.25) is 0 Å². The highest BCUT2D eigenvalue weighted by atomic mass is 16.5. The van der Waals surface area contributed by atoms with Crippen LogP contribution in [0.25, 0.3) is 5.82 Å².